The average molecular weight is 384 g/mol. The maximum Gasteiger partial charge on any atom is 0.238 e. The largest absolute Gasteiger partial charge is 0.323 e. The molecule has 0 aliphatic carbocycles. The molecule has 1 atom stereocenters. The number of rotatable bonds is 7. The first-order valence-electron chi connectivity index (χ1n) is 8.77. The first-order chi connectivity index (χ1) is 13.0. The Balaban J connectivity index is 1.70. The summed E-state index contributed by atoms with van der Waals surface area (Å²) < 4.78 is 1.58. The lowest BCUT2D eigenvalue weighted by molar-refractivity contribution is -0.115. The Morgan fingerprint density at radius 2 is 1.96 bits per heavy atom. The molecule has 1 amide bonds. The van der Waals surface area contributed by atoms with Gasteiger partial charge in [0.1, 0.15) is 12.7 Å². The predicted octanol–water partition coefficient (Wildman–Crippen LogP) is 3.85. The smallest absolute Gasteiger partial charge is 0.238 e. The maximum absolute atomic E-state index is 12.5. The summed E-state index contributed by atoms with van der Waals surface area (Å²) >= 11 is 6.10. The van der Waals surface area contributed by atoms with Gasteiger partial charge in [-0.3, -0.25) is 4.79 Å². The van der Waals surface area contributed by atoms with Crippen molar-refractivity contribution in [2.75, 3.05) is 11.9 Å². The zero-order valence-corrected chi connectivity index (χ0v) is 16.0. The number of carbonyl (C=O) groups excluding carboxylic acids is 1. The molecule has 1 unspecified atom stereocenters. The molecule has 2 N–H and O–H groups in total. The number of nitrogens with one attached hydrogen (secondary N) is 2. The number of carbonyl (C=O) groups is 1. The first kappa shape index (κ1) is 19.1. The van der Waals surface area contributed by atoms with E-state index in [1.54, 1.807) is 29.2 Å². The summed E-state index contributed by atoms with van der Waals surface area (Å²) in [5.74, 6) is 0.192. The highest BCUT2D eigenvalue weighted by Crippen LogP contribution is 2.24. The van der Waals surface area contributed by atoms with Crippen molar-refractivity contribution in [2.24, 2.45) is 5.92 Å². The fraction of sp³-hybridized carbons (Fsp3) is 0.250. The first-order valence-corrected chi connectivity index (χ1v) is 9.15. The highest BCUT2D eigenvalue weighted by atomic mass is 35.5. The van der Waals surface area contributed by atoms with Crippen LogP contribution in [0.25, 0.3) is 5.69 Å². The second kappa shape index (κ2) is 8.79. The monoisotopic (exact) mass is 383 g/mol. The molecule has 1 heterocycles. The van der Waals surface area contributed by atoms with Crippen LogP contribution in [-0.4, -0.2) is 27.2 Å². The summed E-state index contributed by atoms with van der Waals surface area (Å²) in [5.41, 5.74) is 2.45. The van der Waals surface area contributed by atoms with Crippen LogP contribution < -0.4 is 10.6 Å². The van der Waals surface area contributed by atoms with Gasteiger partial charge >= 0.3 is 0 Å². The quantitative estimate of drug-likeness (QED) is 0.650. The van der Waals surface area contributed by atoms with Crippen molar-refractivity contribution in [1.82, 2.24) is 20.1 Å². The summed E-state index contributed by atoms with van der Waals surface area (Å²) in [6, 6.07) is 15.5. The average Bonchev–Trinajstić information content (AvgIpc) is 3.17. The van der Waals surface area contributed by atoms with Gasteiger partial charge in [0.2, 0.25) is 5.91 Å². The van der Waals surface area contributed by atoms with Gasteiger partial charge in [0.15, 0.2) is 0 Å². The third kappa shape index (κ3) is 4.93. The Labute approximate surface area is 163 Å². The molecule has 2 aromatic carbocycles. The normalized spacial score (nSPS) is 12.1. The topological polar surface area (TPSA) is 71.8 Å². The van der Waals surface area contributed by atoms with E-state index >= 15 is 0 Å². The number of hydrogen-bond donors (Lipinski definition) is 2. The van der Waals surface area contributed by atoms with Crippen LogP contribution in [0.15, 0.2) is 61.2 Å². The van der Waals surface area contributed by atoms with Crippen LogP contribution >= 0.6 is 11.6 Å². The minimum Gasteiger partial charge on any atom is -0.323 e. The highest BCUT2D eigenvalue weighted by molar-refractivity contribution is 6.31. The van der Waals surface area contributed by atoms with Gasteiger partial charge in [-0.1, -0.05) is 55.8 Å². The van der Waals surface area contributed by atoms with E-state index in [0.29, 0.717) is 22.3 Å². The van der Waals surface area contributed by atoms with Gasteiger partial charge in [-0.15, -0.1) is 0 Å². The van der Waals surface area contributed by atoms with Crippen molar-refractivity contribution >= 4 is 23.2 Å². The van der Waals surface area contributed by atoms with Gasteiger partial charge in [-0.25, -0.2) is 9.67 Å². The Morgan fingerprint density at radius 1 is 1.19 bits per heavy atom. The highest BCUT2D eigenvalue weighted by Gasteiger charge is 2.17. The van der Waals surface area contributed by atoms with Crippen molar-refractivity contribution in [3.63, 3.8) is 0 Å². The molecule has 0 radical (unpaired) electrons. The number of hydrogen-bond acceptors (Lipinski definition) is 4. The van der Waals surface area contributed by atoms with Crippen LogP contribution in [0, 0.1) is 5.92 Å². The van der Waals surface area contributed by atoms with E-state index in [1.165, 1.54) is 6.33 Å². The predicted molar refractivity (Wildman–Crippen MR) is 107 cm³/mol. The number of aromatic nitrogens is 3. The zero-order valence-electron chi connectivity index (χ0n) is 15.3. The van der Waals surface area contributed by atoms with E-state index in [2.05, 4.69) is 46.7 Å². The molecule has 140 valence electrons. The van der Waals surface area contributed by atoms with Crippen molar-refractivity contribution < 1.29 is 4.79 Å². The van der Waals surface area contributed by atoms with Gasteiger partial charge in [-0.2, -0.15) is 5.10 Å². The number of amides is 1. The molecule has 7 heteroatoms. The van der Waals surface area contributed by atoms with Gasteiger partial charge < -0.3 is 10.6 Å². The van der Waals surface area contributed by atoms with E-state index in [9.17, 15) is 4.79 Å². The number of nitrogens with zero attached hydrogens (tertiary/aromatic N) is 3. The molecule has 3 rings (SSSR count). The number of benzene rings is 2. The van der Waals surface area contributed by atoms with Crippen LogP contribution in [0.4, 0.5) is 5.69 Å². The molecule has 27 heavy (non-hydrogen) atoms. The summed E-state index contributed by atoms with van der Waals surface area (Å²) in [6.07, 6.45) is 3.01. The lowest BCUT2D eigenvalue weighted by Crippen LogP contribution is -2.33. The molecular formula is C20H22ClN5O. The summed E-state index contributed by atoms with van der Waals surface area (Å²) in [5, 5.41) is 10.9. The third-order valence-electron chi connectivity index (χ3n) is 4.21. The molecule has 1 aromatic heterocycles. The molecule has 6 nitrogen and oxygen atoms in total. The lowest BCUT2D eigenvalue weighted by atomic mass is 9.96. The standard InChI is InChI=1S/C20H22ClN5O/c1-14(2)20(15-6-4-3-5-7-15)23-11-19(27)25-17-10-16(21)8-9-18(17)26-13-22-12-24-26/h3-10,12-14,20,23H,11H2,1-2H3,(H,25,27). The van der Waals surface area contributed by atoms with E-state index < -0.39 is 0 Å². The van der Waals surface area contributed by atoms with Crippen molar-refractivity contribution in [3.05, 3.63) is 71.8 Å². The van der Waals surface area contributed by atoms with E-state index in [-0.39, 0.29) is 18.5 Å². The Morgan fingerprint density at radius 3 is 2.63 bits per heavy atom. The van der Waals surface area contributed by atoms with Gasteiger partial charge in [0.05, 0.1) is 17.9 Å². The van der Waals surface area contributed by atoms with E-state index in [4.69, 9.17) is 11.6 Å². The van der Waals surface area contributed by atoms with Crippen LogP contribution in [0.5, 0.6) is 0 Å². The molecule has 0 aliphatic heterocycles. The molecule has 0 bridgehead atoms. The Hall–Kier alpha value is -2.70. The fourth-order valence-electron chi connectivity index (χ4n) is 2.94. The summed E-state index contributed by atoms with van der Waals surface area (Å²) in [7, 11) is 0. The van der Waals surface area contributed by atoms with Crippen molar-refractivity contribution in [1.29, 1.82) is 0 Å². The van der Waals surface area contributed by atoms with Crippen molar-refractivity contribution in [3.8, 4) is 5.69 Å². The molecule has 0 saturated carbocycles. The second-order valence-electron chi connectivity index (χ2n) is 6.56. The Kier molecular flexibility index (Phi) is 6.21. The van der Waals surface area contributed by atoms with Crippen LogP contribution in [0.3, 0.4) is 0 Å². The molecule has 0 fully saturated rings. The number of halogens is 1. The van der Waals surface area contributed by atoms with Gasteiger partial charge in [0, 0.05) is 11.1 Å². The Bertz CT molecular complexity index is 881. The molecular weight excluding hydrogens is 362 g/mol. The minimum atomic E-state index is -0.153. The van der Waals surface area contributed by atoms with Gasteiger partial charge in [0.25, 0.3) is 0 Å². The van der Waals surface area contributed by atoms with E-state index in [1.807, 2.05) is 18.2 Å². The summed E-state index contributed by atoms with van der Waals surface area (Å²) in [4.78, 5) is 16.5. The summed E-state index contributed by atoms with van der Waals surface area (Å²) in [6.45, 7) is 4.44. The van der Waals surface area contributed by atoms with Crippen LogP contribution in [-0.2, 0) is 4.79 Å². The van der Waals surface area contributed by atoms with Crippen LogP contribution in [0.2, 0.25) is 5.02 Å². The lowest BCUT2D eigenvalue weighted by Gasteiger charge is -2.23. The molecule has 0 saturated heterocycles. The minimum absolute atomic E-state index is 0.0890. The SMILES string of the molecule is CC(C)C(NCC(=O)Nc1cc(Cl)ccc1-n1cncn1)c1ccccc1. The van der Waals surface area contributed by atoms with Crippen molar-refractivity contribution in [2.45, 2.75) is 19.9 Å². The maximum atomic E-state index is 12.5. The molecule has 0 spiro atoms. The zero-order chi connectivity index (χ0) is 19.2. The van der Waals surface area contributed by atoms with E-state index in [0.717, 1.165) is 5.56 Å². The molecule has 3 aromatic rings. The number of anilines is 1. The fourth-order valence-corrected chi connectivity index (χ4v) is 3.11. The van der Waals surface area contributed by atoms with Crippen LogP contribution in [0.1, 0.15) is 25.5 Å². The second-order valence-corrected chi connectivity index (χ2v) is 7.00. The van der Waals surface area contributed by atoms with Gasteiger partial charge in [-0.05, 0) is 29.7 Å². The third-order valence-corrected chi connectivity index (χ3v) is 4.44. The molecule has 0 aliphatic rings.